The first-order valence-electron chi connectivity index (χ1n) is 7.54. The van der Waals surface area contributed by atoms with Gasteiger partial charge < -0.3 is 15.0 Å². The van der Waals surface area contributed by atoms with Crippen LogP contribution in [0.5, 0.6) is 0 Å². The first-order chi connectivity index (χ1) is 10.6. The second kappa shape index (κ2) is 8.03. The monoisotopic (exact) mass is 324 g/mol. The number of halogens is 1. The largest absolute Gasteiger partial charge is 0.450 e. The zero-order valence-electron chi connectivity index (χ0n) is 12.7. The van der Waals surface area contributed by atoms with Crippen LogP contribution in [-0.2, 0) is 16.1 Å². The zero-order valence-corrected chi connectivity index (χ0v) is 13.4. The van der Waals surface area contributed by atoms with E-state index in [0.717, 1.165) is 5.56 Å². The summed E-state index contributed by atoms with van der Waals surface area (Å²) in [7, 11) is 0. The van der Waals surface area contributed by atoms with Crippen molar-refractivity contribution in [3.05, 3.63) is 34.9 Å². The molecular weight excluding hydrogens is 304 g/mol. The Balaban J connectivity index is 1.76. The topological polar surface area (TPSA) is 58.6 Å². The molecule has 1 aromatic carbocycles. The third-order valence-corrected chi connectivity index (χ3v) is 3.98. The minimum atomic E-state index is -0.291. The third-order valence-electron chi connectivity index (χ3n) is 3.75. The van der Waals surface area contributed by atoms with Gasteiger partial charge in [0.05, 0.1) is 6.61 Å². The smallest absolute Gasteiger partial charge is 0.409 e. The quantitative estimate of drug-likeness (QED) is 0.926. The molecule has 1 heterocycles. The van der Waals surface area contributed by atoms with Crippen molar-refractivity contribution >= 4 is 23.6 Å². The third kappa shape index (κ3) is 4.63. The van der Waals surface area contributed by atoms with Crippen molar-refractivity contribution in [1.82, 2.24) is 10.2 Å². The molecule has 0 aromatic heterocycles. The molecule has 120 valence electrons. The number of amides is 2. The molecule has 1 saturated heterocycles. The predicted octanol–water partition coefficient (Wildman–Crippen LogP) is 2.82. The normalized spacial score (nSPS) is 15.5. The molecule has 1 aliphatic rings. The lowest BCUT2D eigenvalue weighted by atomic mass is 9.96. The van der Waals surface area contributed by atoms with Gasteiger partial charge in [-0.15, -0.1) is 0 Å². The Morgan fingerprint density at radius 2 is 2.09 bits per heavy atom. The average molecular weight is 325 g/mol. The average Bonchev–Trinajstić information content (AvgIpc) is 2.53. The number of piperidine rings is 1. The molecule has 0 aliphatic carbocycles. The number of hydrogen-bond acceptors (Lipinski definition) is 3. The van der Waals surface area contributed by atoms with Gasteiger partial charge in [0.2, 0.25) is 5.91 Å². The highest BCUT2D eigenvalue weighted by atomic mass is 35.5. The van der Waals surface area contributed by atoms with Gasteiger partial charge in [0.15, 0.2) is 0 Å². The molecule has 1 fully saturated rings. The minimum absolute atomic E-state index is 0.0310. The first-order valence-corrected chi connectivity index (χ1v) is 7.91. The van der Waals surface area contributed by atoms with Crippen LogP contribution in [0.25, 0.3) is 0 Å². The highest BCUT2D eigenvalue weighted by molar-refractivity contribution is 6.30. The van der Waals surface area contributed by atoms with E-state index in [1.54, 1.807) is 17.9 Å². The van der Waals surface area contributed by atoms with E-state index in [2.05, 4.69) is 5.32 Å². The summed E-state index contributed by atoms with van der Waals surface area (Å²) >= 11 is 5.92. The van der Waals surface area contributed by atoms with Gasteiger partial charge in [-0.25, -0.2) is 4.79 Å². The number of hydrogen-bond donors (Lipinski definition) is 1. The maximum atomic E-state index is 12.2. The van der Waals surface area contributed by atoms with Gasteiger partial charge in [-0.05, 0) is 37.5 Å². The van der Waals surface area contributed by atoms with Crippen LogP contribution in [0.3, 0.4) is 0 Å². The number of likely N-dealkylation sites (tertiary alicyclic amines) is 1. The van der Waals surface area contributed by atoms with Gasteiger partial charge in [0, 0.05) is 30.6 Å². The fraction of sp³-hybridized carbons (Fsp3) is 0.500. The summed E-state index contributed by atoms with van der Waals surface area (Å²) in [4.78, 5) is 25.4. The molecule has 1 aromatic rings. The van der Waals surface area contributed by atoms with Crippen molar-refractivity contribution in [1.29, 1.82) is 0 Å². The molecule has 2 rings (SSSR count). The molecule has 0 atom stereocenters. The molecular formula is C16H21ClN2O3. The molecule has 0 spiro atoms. The summed E-state index contributed by atoms with van der Waals surface area (Å²) < 4.78 is 4.97. The number of nitrogens with zero attached hydrogens (tertiary/aromatic N) is 1. The van der Waals surface area contributed by atoms with E-state index in [-0.39, 0.29) is 17.9 Å². The van der Waals surface area contributed by atoms with Crippen LogP contribution in [0.4, 0.5) is 4.79 Å². The number of benzene rings is 1. The fourth-order valence-corrected chi connectivity index (χ4v) is 2.73. The Morgan fingerprint density at radius 1 is 1.36 bits per heavy atom. The van der Waals surface area contributed by atoms with Crippen LogP contribution < -0.4 is 5.32 Å². The number of rotatable bonds is 4. The Kier molecular flexibility index (Phi) is 6.07. The summed E-state index contributed by atoms with van der Waals surface area (Å²) in [5.41, 5.74) is 0.977. The van der Waals surface area contributed by atoms with Crippen molar-refractivity contribution in [2.75, 3.05) is 19.7 Å². The van der Waals surface area contributed by atoms with Crippen LogP contribution in [0.15, 0.2) is 24.3 Å². The van der Waals surface area contributed by atoms with Gasteiger partial charge in [0.1, 0.15) is 0 Å². The summed E-state index contributed by atoms with van der Waals surface area (Å²) in [6.45, 7) is 3.76. The first kappa shape index (κ1) is 16.6. The SMILES string of the molecule is CCOC(=O)N1CCC(C(=O)NCc2cccc(Cl)c2)CC1. The number of nitrogens with one attached hydrogen (secondary N) is 1. The van der Waals surface area contributed by atoms with E-state index in [1.807, 2.05) is 18.2 Å². The maximum Gasteiger partial charge on any atom is 0.409 e. The zero-order chi connectivity index (χ0) is 15.9. The molecule has 0 radical (unpaired) electrons. The summed E-state index contributed by atoms with van der Waals surface area (Å²) in [6, 6.07) is 7.43. The lowest BCUT2D eigenvalue weighted by molar-refractivity contribution is -0.126. The predicted molar refractivity (Wildman–Crippen MR) is 84.6 cm³/mol. The van der Waals surface area contributed by atoms with E-state index in [0.29, 0.717) is 44.1 Å². The van der Waals surface area contributed by atoms with Crippen LogP contribution in [0.2, 0.25) is 5.02 Å². The molecule has 2 amide bonds. The molecule has 6 heteroatoms. The van der Waals surface area contributed by atoms with Crippen molar-refractivity contribution in [3.63, 3.8) is 0 Å². The van der Waals surface area contributed by atoms with Crippen molar-refractivity contribution in [2.24, 2.45) is 5.92 Å². The highest BCUT2D eigenvalue weighted by Gasteiger charge is 2.27. The van der Waals surface area contributed by atoms with Crippen molar-refractivity contribution in [3.8, 4) is 0 Å². The number of carbonyl (C=O) groups is 2. The van der Waals surface area contributed by atoms with Gasteiger partial charge in [0.25, 0.3) is 0 Å². The number of ether oxygens (including phenoxy) is 1. The molecule has 1 aliphatic heterocycles. The van der Waals surface area contributed by atoms with Gasteiger partial charge in [-0.3, -0.25) is 4.79 Å². The fourth-order valence-electron chi connectivity index (χ4n) is 2.52. The van der Waals surface area contributed by atoms with Gasteiger partial charge in [-0.2, -0.15) is 0 Å². The Hall–Kier alpha value is -1.75. The summed E-state index contributed by atoms with van der Waals surface area (Å²) in [5, 5.41) is 3.59. The standard InChI is InChI=1S/C16H21ClN2O3/c1-2-22-16(21)19-8-6-13(7-9-19)15(20)18-11-12-4-3-5-14(17)10-12/h3-5,10,13H,2,6-9,11H2,1H3,(H,18,20). The lowest BCUT2D eigenvalue weighted by Crippen LogP contribution is -2.43. The van der Waals surface area contributed by atoms with Gasteiger partial charge >= 0.3 is 6.09 Å². The van der Waals surface area contributed by atoms with Crippen LogP contribution in [0, 0.1) is 5.92 Å². The van der Waals surface area contributed by atoms with E-state index in [4.69, 9.17) is 16.3 Å². The second-order valence-electron chi connectivity index (χ2n) is 5.31. The summed E-state index contributed by atoms with van der Waals surface area (Å²) in [5.74, 6) is -0.0201. The second-order valence-corrected chi connectivity index (χ2v) is 5.74. The van der Waals surface area contributed by atoms with E-state index in [1.165, 1.54) is 0 Å². The summed E-state index contributed by atoms with van der Waals surface area (Å²) in [6.07, 6.45) is 1.04. The van der Waals surface area contributed by atoms with Crippen LogP contribution in [-0.4, -0.2) is 36.6 Å². The Labute approximate surface area is 135 Å². The Bertz CT molecular complexity index is 528. The molecule has 22 heavy (non-hydrogen) atoms. The minimum Gasteiger partial charge on any atom is -0.450 e. The van der Waals surface area contributed by atoms with E-state index < -0.39 is 0 Å². The number of carbonyl (C=O) groups excluding carboxylic acids is 2. The molecule has 0 unspecified atom stereocenters. The van der Waals surface area contributed by atoms with Crippen molar-refractivity contribution < 1.29 is 14.3 Å². The molecule has 0 bridgehead atoms. The van der Waals surface area contributed by atoms with E-state index >= 15 is 0 Å². The van der Waals surface area contributed by atoms with Gasteiger partial charge in [-0.1, -0.05) is 23.7 Å². The van der Waals surface area contributed by atoms with E-state index in [9.17, 15) is 9.59 Å². The molecule has 5 nitrogen and oxygen atoms in total. The van der Waals surface area contributed by atoms with Crippen LogP contribution >= 0.6 is 11.6 Å². The molecule has 0 saturated carbocycles. The molecule has 1 N–H and O–H groups in total. The highest BCUT2D eigenvalue weighted by Crippen LogP contribution is 2.18. The lowest BCUT2D eigenvalue weighted by Gasteiger charge is -2.30. The van der Waals surface area contributed by atoms with Crippen molar-refractivity contribution in [2.45, 2.75) is 26.3 Å². The van der Waals surface area contributed by atoms with Crippen LogP contribution in [0.1, 0.15) is 25.3 Å². The Morgan fingerprint density at radius 3 is 2.73 bits per heavy atom. The maximum absolute atomic E-state index is 12.2.